The van der Waals surface area contributed by atoms with E-state index in [4.69, 9.17) is 19.9 Å². The summed E-state index contributed by atoms with van der Waals surface area (Å²) in [4.78, 5) is 19.4. The molecule has 43 heavy (non-hydrogen) atoms. The second-order valence-corrected chi connectivity index (χ2v) is 12.0. The first kappa shape index (κ1) is 31.2. The van der Waals surface area contributed by atoms with Gasteiger partial charge in [-0.1, -0.05) is 91.3 Å². The number of hydrogen-bond donors (Lipinski definition) is 2. The molecule has 3 aromatic rings. The molecule has 5 rings (SSSR count). The number of rotatable bonds is 15. The second kappa shape index (κ2) is 15.5. The lowest BCUT2D eigenvalue weighted by Crippen LogP contribution is -2.47. The van der Waals surface area contributed by atoms with Crippen LogP contribution >= 0.6 is 0 Å². The molecule has 1 aliphatic heterocycles. The summed E-state index contributed by atoms with van der Waals surface area (Å²) in [6, 6.07) is 29.8. The molecule has 2 fully saturated rings. The topological polar surface area (TPSA) is 91.7 Å². The highest BCUT2D eigenvalue weighted by Gasteiger charge is 2.44. The second-order valence-electron chi connectivity index (χ2n) is 12.0. The third-order valence-corrected chi connectivity index (χ3v) is 8.69. The lowest BCUT2D eigenvalue weighted by atomic mass is 9.85. The number of amides is 1. The van der Waals surface area contributed by atoms with Crippen LogP contribution in [0.2, 0.25) is 0 Å². The molecule has 8 nitrogen and oxygen atoms in total. The van der Waals surface area contributed by atoms with Gasteiger partial charge in [0.15, 0.2) is 0 Å². The molecule has 1 unspecified atom stereocenters. The maximum atomic E-state index is 13.1. The molecule has 1 aliphatic carbocycles. The Kier molecular flexibility index (Phi) is 11.2. The highest BCUT2D eigenvalue weighted by atomic mass is 17.1. The number of carbonyl (C=O) groups is 1. The van der Waals surface area contributed by atoms with Crippen LogP contribution in [0.25, 0.3) is 11.1 Å². The maximum absolute atomic E-state index is 13.1. The fourth-order valence-corrected chi connectivity index (χ4v) is 6.03. The standard InChI is InChI=1S/C35H44N2O6/c38-34(41-22-9-1-2-10-23-43-37(39)40)36-21-18-32(31-17-11-16-30(24-31)29-14-7-4-8-15-29)33(26-36)42-27-35(19-20-35)25-28-12-5-3-6-13-28/h3-8,11-17,24,32-33,39-40H,1-2,9-10,18-23,25-27H2/t32-,33?/m1/s1. The Labute approximate surface area is 254 Å². The van der Waals surface area contributed by atoms with Gasteiger partial charge in [0.25, 0.3) is 0 Å². The zero-order chi connectivity index (χ0) is 29.9. The van der Waals surface area contributed by atoms with Crippen molar-refractivity contribution in [2.45, 2.75) is 63.4 Å². The predicted molar refractivity (Wildman–Crippen MR) is 164 cm³/mol. The number of carbonyl (C=O) groups excluding carboxylic acids is 1. The molecule has 2 aliphatic rings. The van der Waals surface area contributed by atoms with Crippen molar-refractivity contribution in [1.29, 1.82) is 0 Å². The van der Waals surface area contributed by atoms with E-state index in [-0.39, 0.29) is 35.5 Å². The number of nitrogens with zero attached hydrogens (tertiary/aromatic N) is 2. The third kappa shape index (κ3) is 9.36. The van der Waals surface area contributed by atoms with Crippen LogP contribution in [0, 0.1) is 5.41 Å². The van der Waals surface area contributed by atoms with Crippen LogP contribution in [0.5, 0.6) is 0 Å². The molecule has 0 bridgehead atoms. The van der Waals surface area contributed by atoms with E-state index in [0.29, 0.717) is 32.7 Å². The van der Waals surface area contributed by atoms with Gasteiger partial charge in [-0.05, 0) is 72.6 Å². The summed E-state index contributed by atoms with van der Waals surface area (Å²) in [6.07, 6.45) is 6.92. The number of hydrogen-bond acceptors (Lipinski definition) is 7. The zero-order valence-electron chi connectivity index (χ0n) is 24.9. The van der Waals surface area contributed by atoms with Crippen LogP contribution in [0.15, 0.2) is 84.9 Å². The van der Waals surface area contributed by atoms with Crippen LogP contribution in [0.3, 0.4) is 0 Å². The Bertz CT molecular complexity index is 1270. The van der Waals surface area contributed by atoms with Crippen LogP contribution in [0.4, 0.5) is 4.79 Å². The summed E-state index contributed by atoms with van der Waals surface area (Å²) in [5, 5.41) is 16.9. The van der Waals surface area contributed by atoms with Crippen molar-refractivity contribution in [3.05, 3.63) is 96.1 Å². The minimum Gasteiger partial charge on any atom is -0.449 e. The Morgan fingerprint density at radius 1 is 0.860 bits per heavy atom. The summed E-state index contributed by atoms with van der Waals surface area (Å²) < 4.78 is 12.4. The van der Waals surface area contributed by atoms with E-state index < -0.39 is 0 Å². The molecule has 1 saturated heterocycles. The molecule has 1 heterocycles. The highest BCUT2D eigenvalue weighted by Crippen LogP contribution is 2.49. The first-order chi connectivity index (χ1) is 21.0. The molecule has 0 spiro atoms. The number of likely N-dealkylation sites (tertiary alicyclic amines) is 1. The zero-order valence-corrected chi connectivity index (χ0v) is 24.9. The Morgan fingerprint density at radius 2 is 1.56 bits per heavy atom. The van der Waals surface area contributed by atoms with Gasteiger partial charge in [0.1, 0.15) is 0 Å². The van der Waals surface area contributed by atoms with Crippen molar-refractivity contribution < 1.29 is 29.5 Å². The van der Waals surface area contributed by atoms with Crippen LogP contribution in [-0.2, 0) is 20.7 Å². The Hall–Kier alpha value is -3.27. The van der Waals surface area contributed by atoms with Gasteiger partial charge in [-0.2, -0.15) is 0 Å². The SMILES string of the molecule is O=C(OCCCCCCON(O)O)N1CC[C@H](c2cccc(-c3ccccc3)c2)C(OCC2(Cc3ccccc3)CC2)C1. The number of benzene rings is 3. The Balaban J connectivity index is 1.20. The van der Waals surface area contributed by atoms with E-state index in [1.165, 1.54) is 35.1 Å². The van der Waals surface area contributed by atoms with Crippen molar-refractivity contribution in [2.75, 3.05) is 32.9 Å². The van der Waals surface area contributed by atoms with Gasteiger partial charge in [0, 0.05) is 12.5 Å². The summed E-state index contributed by atoms with van der Waals surface area (Å²) >= 11 is 0. The molecule has 2 N–H and O–H groups in total. The van der Waals surface area contributed by atoms with Crippen molar-refractivity contribution in [3.8, 4) is 11.1 Å². The first-order valence-corrected chi connectivity index (χ1v) is 15.5. The van der Waals surface area contributed by atoms with E-state index in [9.17, 15) is 4.79 Å². The number of piperidine rings is 1. The summed E-state index contributed by atoms with van der Waals surface area (Å²) in [6.45, 7) is 2.42. The molecule has 0 radical (unpaired) electrons. The highest BCUT2D eigenvalue weighted by molar-refractivity contribution is 5.68. The molecular formula is C35H44N2O6. The van der Waals surface area contributed by atoms with Crippen molar-refractivity contribution in [3.63, 3.8) is 0 Å². The fraction of sp³-hybridized carbons (Fsp3) is 0.457. The molecule has 0 aromatic heterocycles. The quantitative estimate of drug-likeness (QED) is 0.143. The van der Waals surface area contributed by atoms with Gasteiger partial charge in [0.05, 0.1) is 37.9 Å². The number of unbranched alkanes of at least 4 members (excludes halogenated alkanes) is 3. The normalized spacial score (nSPS) is 19.4. The largest absolute Gasteiger partial charge is 0.449 e. The maximum Gasteiger partial charge on any atom is 0.409 e. The monoisotopic (exact) mass is 588 g/mol. The van der Waals surface area contributed by atoms with Gasteiger partial charge in [-0.3, -0.25) is 15.3 Å². The minimum absolute atomic E-state index is 0.113. The smallest absolute Gasteiger partial charge is 0.409 e. The van der Waals surface area contributed by atoms with Crippen molar-refractivity contribution in [1.82, 2.24) is 10.3 Å². The number of ether oxygens (including phenoxy) is 2. The van der Waals surface area contributed by atoms with Crippen LogP contribution < -0.4 is 0 Å². The fourth-order valence-electron chi connectivity index (χ4n) is 6.03. The summed E-state index contributed by atoms with van der Waals surface area (Å²) in [5.41, 5.74) is 5.16. The summed E-state index contributed by atoms with van der Waals surface area (Å²) in [7, 11) is 0. The Morgan fingerprint density at radius 3 is 2.28 bits per heavy atom. The van der Waals surface area contributed by atoms with Gasteiger partial charge >= 0.3 is 6.09 Å². The average Bonchev–Trinajstić information content (AvgIpc) is 3.81. The molecular weight excluding hydrogens is 544 g/mol. The van der Waals surface area contributed by atoms with E-state index in [1.54, 1.807) is 0 Å². The average molecular weight is 589 g/mol. The van der Waals surface area contributed by atoms with Crippen molar-refractivity contribution in [2.24, 2.45) is 5.41 Å². The first-order valence-electron chi connectivity index (χ1n) is 15.5. The van der Waals surface area contributed by atoms with E-state index >= 15 is 0 Å². The van der Waals surface area contributed by atoms with Gasteiger partial charge in [0.2, 0.25) is 0 Å². The molecule has 3 aromatic carbocycles. The lowest BCUT2D eigenvalue weighted by Gasteiger charge is -2.39. The lowest BCUT2D eigenvalue weighted by molar-refractivity contribution is -0.492. The predicted octanol–water partition coefficient (Wildman–Crippen LogP) is 7.26. The minimum atomic E-state index is -0.282. The molecule has 1 amide bonds. The van der Waals surface area contributed by atoms with Gasteiger partial charge in [-0.15, -0.1) is 0 Å². The van der Waals surface area contributed by atoms with Crippen LogP contribution in [0.1, 0.15) is 62.0 Å². The molecule has 230 valence electrons. The van der Waals surface area contributed by atoms with Crippen molar-refractivity contribution >= 4 is 6.09 Å². The van der Waals surface area contributed by atoms with Gasteiger partial charge in [-0.25, -0.2) is 4.79 Å². The third-order valence-electron chi connectivity index (χ3n) is 8.69. The van der Waals surface area contributed by atoms with E-state index in [0.717, 1.165) is 32.1 Å². The van der Waals surface area contributed by atoms with E-state index in [1.807, 2.05) is 11.0 Å². The van der Waals surface area contributed by atoms with Crippen LogP contribution in [-0.4, -0.2) is 65.8 Å². The summed E-state index contributed by atoms with van der Waals surface area (Å²) in [5.74, 6) is 0.191. The van der Waals surface area contributed by atoms with E-state index in [2.05, 4.69) is 83.7 Å². The van der Waals surface area contributed by atoms with Gasteiger partial charge < -0.3 is 14.4 Å². The molecule has 2 atom stereocenters. The molecule has 1 saturated carbocycles. The molecule has 8 heteroatoms.